The molecule has 0 aromatic heterocycles. The van der Waals surface area contributed by atoms with Crippen LogP contribution in [0.4, 0.5) is 10.1 Å². The summed E-state index contributed by atoms with van der Waals surface area (Å²) in [5.41, 5.74) is 1.30. The average molecular weight is 278 g/mol. The van der Waals surface area contributed by atoms with Gasteiger partial charge in [0.2, 0.25) is 0 Å². The molecule has 0 radical (unpaired) electrons. The van der Waals surface area contributed by atoms with Crippen molar-refractivity contribution in [1.29, 1.82) is 0 Å². The Morgan fingerprint density at radius 2 is 1.95 bits per heavy atom. The van der Waals surface area contributed by atoms with Gasteiger partial charge in [-0.3, -0.25) is 4.90 Å². The molecule has 1 aromatic carbocycles. The molecule has 1 aromatic rings. The number of hydrogen-bond acceptors (Lipinski definition) is 3. The van der Waals surface area contributed by atoms with E-state index in [1.54, 1.807) is 13.0 Å². The first kappa shape index (κ1) is 13.8. The first-order chi connectivity index (χ1) is 9.63. The predicted octanol–water partition coefficient (Wildman–Crippen LogP) is 2.41. The lowest BCUT2D eigenvalue weighted by Gasteiger charge is -2.36. The average Bonchev–Trinajstić information content (AvgIpc) is 3.24. The molecule has 3 nitrogen and oxygen atoms in total. The van der Waals surface area contributed by atoms with Crippen LogP contribution >= 0.6 is 0 Å². The summed E-state index contributed by atoms with van der Waals surface area (Å²) in [4.78, 5) is 4.61. The van der Waals surface area contributed by atoms with Gasteiger partial charge in [0.15, 0.2) is 0 Å². The Bertz CT molecular complexity index is 466. The van der Waals surface area contributed by atoms with E-state index in [-0.39, 0.29) is 5.82 Å². The summed E-state index contributed by atoms with van der Waals surface area (Å²) in [5.74, 6) is 0.697. The van der Waals surface area contributed by atoms with E-state index in [1.807, 2.05) is 6.07 Å². The van der Waals surface area contributed by atoms with Crippen molar-refractivity contribution in [3.05, 3.63) is 29.6 Å². The molecule has 1 N–H and O–H groups in total. The van der Waals surface area contributed by atoms with E-state index in [2.05, 4.69) is 9.80 Å². The number of nitrogens with zero attached hydrogens (tertiary/aromatic N) is 2. The quantitative estimate of drug-likeness (QED) is 0.916. The van der Waals surface area contributed by atoms with Crippen LogP contribution in [0.3, 0.4) is 0 Å². The molecule has 4 heteroatoms. The van der Waals surface area contributed by atoms with E-state index in [4.69, 9.17) is 0 Å². The minimum absolute atomic E-state index is 0.223. The molecule has 2 aliphatic rings. The van der Waals surface area contributed by atoms with Crippen LogP contribution in [0.1, 0.15) is 31.4 Å². The summed E-state index contributed by atoms with van der Waals surface area (Å²) in [7, 11) is 0. The smallest absolute Gasteiger partial charge is 0.146 e. The lowest BCUT2D eigenvalue weighted by Crippen LogP contribution is -2.47. The zero-order chi connectivity index (χ0) is 14.1. The number of aliphatic hydroxyl groups is 1. The molecule has 1 heterocycles. The molecular formula is C16H23FN2O. The maximum Gasteiger partial charge on any atom is 0.146 e. The van der Waals surface area contributed by atoms with Gasteiger partial charge in [-0.1, -0.05) is 6.07 Å². The zero-order valence-electron chi connectivity index (χ0n) is 12.1. The minimum Gasteiger partial charge on any atom is -0.389 e. The topological polar surface area (TPSA) is 26.7 Å². The molecule has 1 saturated carbocycles. The molecule has 3 rings (SSSR count). The molecule has 0 spiro atoms. The van der Waals surface area contributed by atoms with Gasteiger partial charge in [-0.25, -0.2) is 4.39 Å². The Morgan fingerprint density at radius 1 is 1.25 bits per heavy atom. The van der Waals surface area contributed by atoms with Gasteiger partial charge in [-0.15, -0.1) is 0 Å². The van der Waals surface area contributed by atoms with Crippen molar-refractivity contribution in [2.24, 2.45) is 5.92 Å². The third-order valence-corrected chi connectivity index (χ3v) is 4.38. The van der Waals surface area contributed by atoms with E-state index >= 15 is 0 Å². The number of rotatable bonds is 4. The third kappa shape index (κ3) is 3.13. The molecule has 1 aliphatic carbocycles. The molecule has 2 fully saturated rings. The first-order valence-corrected chi connectivity index (χ1v) is 7.58. The van der Waals surface area contributed by atoms with Crippen LogP contribution in [0.15, 0.2) is 18.2 Å². The number of aliphatic hydroxyl groups excluding tert-OH is 1. The van der Waals surface area contributed by atoms with Crippen LogP contribution in [0, 0.1) is 11.7 Å². The lowest BCUT2D eigenvalue weighted by atomic mass is 10.1. The van der Waals surface area contributed by atoms with Gasteiger partial charge in [0, 0.05) is 32.7 Å². The molecular weight excluding hydrogens is 255 g/mol. The molecule has 110 valence electrons. The number of benzene rings is 1. The molecule has 0 amide bonds. The zero-order valence-corrected chi connectivity index (χ0v) is 12.1. The highest BCUT2D eigenvalue weighted by molar-refractivity contribution is 5.50. The van der Waals surface area contributed by atoms with Gasteiger partial charge < -0.3 is 10.0 Å². The molecule has 1 aliphatic heterocycles. The van der Waals surface area contributed by atoms with Gasteiger partial charge in [0.05, 0.1) is 11.8 Å². The Hall–Kier alpha value is -1.13. The molecule has 1 atom stereocenters. The highest BCUT2D eigenvalue weighted by atomic mass is 19.1. The molecule has 0 bridgehead atoms. The molecule has 20 heavy (non-hydrogen) atoms. The van der Waals surface area contributed by atoms with Crippen LogP contribution in [-0.2, 0) is 0 Å². The van der Waals surface area contributed by atoms with Gasteiger partial charge in [0.25, 0.3) is 0 Å². The summed E-state index contributed by atoms with van der Waals surface area (Å²) in [6.45, 7) is 6.69. The fraction of sp³-hybridized carbons (Fsp3) is 0.625. The SMILES string of the molecule is CC(O)c1ccc(N2CCN(CC3CC3)CC2)c(F)c1. The lowest BCUT2D eigenvalue weighted by molar-refractivity contribution is 0.199. The van der Waals surface area contributed by atoms with E-state index in [0.29, 0.717) is 11.3 Å². The van der Waals surface area contributed by atoms with Crippen molar-refractivity contribution < 1.29 is 9.50 Å². The van der Waals surface area contributed by atoms with Crippen molar-refractivity contribution in [1.82, 2.24) is 4.90 Å². The van der Waals surface area contributed by atoms with Crippen LogP contribution < -0.4 is 4.90 Å². The number of hydrogen-bond donors (Lipinski definition) is 1. The second kappa shape index (κ2) is 5.70. The second-order valence-corrected chi connectivity index (χ2v) is 6.12. The molecule has 1 unspecified atom stereocenters. The first-order valence-electron chi connectivity index (χ1n) is 7.58. The van der Waals surface area contributed by atoms with E-state index in [0.717, 1.165) is 32.1 Å². The summed E-state index contributed by atoms with van der Waals surface area (Å²) < 4.78 is 14.1. The van der Waals surface area contributed by atoms with Crippen LogP contribution in [0.2, 0.25) is 0 Å². The monoisotopic (exact) mass is 278 g/mol. The fourth-order valence-electron chi connectivity index (χ4n) is 2.88. The Morgan fingerprint density at radius 3 is 2.50 bits per heavy atom. The Balaban J connectivity index is 1.62. The number of halogens is 1. The largest absolute Gasteiger partial charge is 0.389 e. The maximum atomic E-state index is 14.1. The van der Waals surface area contributed by atoms with Gasteiger partial charge in [-0.05, 0) is 43.4 Å². The summed E-state index contributed by atoms with van der Waals surface area (Å²) in [6, 6.07) is 5.07. The van der Waals surface area contributed by atoms with Gasteiger partial charge >= 0.3 is 0 Å². The van der Waals surface area contributed by atoms with E-state index in [1.165, 1.54) is 25.5 Å². The van der Waals surface area contributed by atoms with Crippen molar-refractivity contribution in [3.8, 4) is 0 Å². The van der Waals surface area contributed by atoms with Crippen molar-refractivity contribution >= 4 is 5.69 Å². The Labute approximate surface area is 120 Å². The van der Waals surface area contributed by atoms with E-state index < -0.39 is 6.10 Å². The second-order valence-electron chi connectivity index (χ2n) is 6.12. The van der Waals surface area contributed by atoms with Gasteiger partial charge in [-0.2, -0.15) is 0 Å². The van der Waals surface area contributed by atoms with Crippen molar-refractivity contribution in [2.75, 3.05) is 37.6 Å². The standard InChI is InChI=1S/C16H23FN2O/c1-12(20)14-4-5-16(15(17)10-14)19-8-6-18(7-9-19)11-13-2-3-13/h4-5,10,12-13,20H,2-3,6-9,11H2,1H3. The summed E-state index contributed by atoms with van der Waals surface area (Å²) in [5, 5.41) is 9.49. The highest BCUT2D eigenvalue weighted by Crippen LogP contribution is 2.30. The summed E-state index contributed by atoms with van der Waals surface area (Å²) >= 11 is 0. The van der Waals surface area contributed by atoms with Gasteiger partial charge in [0.1, 0.15) is 5.82 Å². The van der Waals surface area contributed by atoms with Crippen molar-refractivity contribution in [2.45, 2.75) is 25.9 Å². The Kier molecular flexibility index (Phi) is 3.94. The number of anilines is 1. The maximum absolute atomic E-state index is 14.1. The minimum atomic E-state index is -0.617. The normalized spacial score (nSPS) is 22.1. The van der Waals surface area contributed by atoms with Crippen molar-refractivity contribution in [3.63, 3.8) is 0 Å². The highest BCUT2D eigenvalue weighted by Gasteiger charge is 2.27. The summed E-state index contributed by atoms with van der Waals surface area (Å²) in [6.07, 6.45) is 2.15. The predicted molar refractivity (Wildman–Crippen MR) is 78.4 cm³/mol. The fourth-order valence-corrected chi connectivity index (χ4v) is 2.88. The number of piperazine rings is 1. The van der Waals surface area contributed by atoms with E-state index in [9.17, 15) is 9.50 Å². The van der Waals surface area contributed by atoms with Crippen LogP contribution in [0.5, 0.6) is 0 Å². The van der Waals surface area contributed by atoms with Crippen LogP contribution in [-0.4, -0.2) is 42.7 Å². The molecule has 1 saturated heterocycles. The third-order valence-electron chi connectivity index (χ3n) is 4.38. The van der Waals surface area contributed by atoms with Crippen LogP contribution in [0.25, 0.3) is 0 Å².